The number of carbonyl (C=O) groups excluding carboxylic acids is 4. The van der Waals surface area contributed by atoms with E-state index in [9.17, 15) is 19.2 Å². The van der Waals surface area contributed by atoms with Crippen LogP contribution in [0.25, 0.3) is 0 Å². The van der Waals surface area contributed by atoms with Crippen LogP contribution in [0.5, 0.6) is 11.5 Å². The lowest BCUT2D eigenvalue weighted by Crippen LogP contribution is -2.17. The minimum atomic E-state index is -0.884. The summed E-state index contributed by atoms with van der Waals surface area (Å²) < 4.78 is 20.2. The molecule has 0 saturated heterocycles. The number of benzene rings is 2. The largest absolute Gasteiger partial charge is 0.513 e. The second-order valence-electron chi connectivity index (χ2n) is 8.11. The van der Waals surface area contributed by atoms with Gasteiger partial charge in [0.25, 0.3) is 0 Å². The van der Waals surface area contributed by atoms with Crippen LogP contribution in [0.15, 0.2) is 61.2 Å². The highest BCUT2D eigenvalue weighted by Gasteiger charge is 2.18. The van der Waals surface area contributed by atoms with E-state index in [1.807, 2.05) is 20.8 Å². The summed E-state index contributed by atoms with van der Waals surface area (Å²) >= 11 is 0. The first kappa shape index (κ1) is 27.3. The van der Waals surface area contributed by atoms with Crippen molar-refractivity contribution < 1.29 is 38.1 Å². The third-order valence-corrected chi connectivity index (χ3v) is 5.22. The molecule has 186 valence electrons. The Morgan fingerprint density at radius 2 is 1.29 bits per heavy atom. The molecule has 8 heteroatoms. The smallest absolute Gasteiger partial charge is 0.463 e. The molecule has 2 aromatic carbocycles. The van der Waals surface area contributed by atoms with E-state index in [1.165, 1.54) is 24.3 Å². The van der Waals surface area contributed by atoms with Crippen LogP contribution in [0.2, 0.25) is 0 Å². The van der Waals surface area contributed by atoms with Gasteiger partial charge in [0.2, 0.25) is 0 Å². The monoisotopic (exact) mass is 482 g/mol. The lowest BCUT2D eigenvalue weighted by atomic mass is 9.90. The predicted octanol–water partition coefficient (Wildman–Crippen LogP) is 5.41. The number of ether oxygens (including phenoxy) is 4. The molecule has 0 spiro atoms. The van der Waals surface area contributed by atoms with E-state index in [2.05, 4.69) is 6.58 Å². The van der Waals surface area contributed by atoms with Crippen molar-refractivity contribution in [3.63, 3.8) is 0 Å². The van der Waals surface area contributed by atoms with Gasteiger partial charge in [-0.25, -0.2) is 14.4 Å². The van der Waals surface area contributed by atoms with Crippen LogP contribution in [0.3, 0.4) is 0 Å². The van der Waals surface area contributed by atoms with E-state index >= 15 is 0 Å². The Morgan fingerprint density at radius 1 is 0.771 bits per heavy atom. The number of esters is 2. The molecule has 8 nitrogen and oxygen atoms in total. The van der Waals surface area contributed by atoms with Gasteiger partial charge in [-0.15, -0.1) is 0 Å². The van der Waals surface area contributed by atoms with Crippen molar-refractivity contribution in [3.05, 3.63) is 72.3 Å². The molecular weight excluding hydrogens is 452 g/mol. The summed E-state index contributed by atoms with van der Waals surface area (Å²) in [5.41, 5.74) is 0.823. The number of hydrogen-bond donors (Lipinski definition) is 0. The number of Topliss-reactive ketones (excluding diaryl/α,β-unsaturated/α-hetero) is 1. The van der Waals surface area contributed by atoms with Gasteiger partial charge in [0.1, 0.15) is 11.5 Å². The molecule has 0 bridgehead atoms. The first-order chi connectivity index (χ1) is 16.7. The third-order valence-electron chi connectivity index (χ3n) is 5.22. The van der Waals surface area contributed by atoms with Gasteiger partial charge in [-0.1, -0.05) is 27.4 Å². The van der Waals surface area contributed by atoms with Crippen LogP contribution in [-0.4, -0.2) is 37.1 Å². The Bertz CT molecular complexity index is 1020. The highest BCUT2D eigenvalue weighted by atomic mass is 16.7. The summed E-state index contributed by atoms with van der Waals surface area (Å²) in [5, 5.41) is 0. The third kappa shape index (κ3) is 9.08. The molecule has 0 heterocycles. The maximum absolute atomic E-state index is 12.4. The number of rotatable bonds is 12. The van der Waals surface area contributed by atoms with Gasteiger partial charge >= 0.3 is 18.1 Å². The summed E-state index contributed by atoms with van der Waals surface area (Å²) in [5.74, 6) is -0.406. The van der Waals surface area contributed by atoms with Gasteiger partial charge in [0.05, 0.1) is 18.8 Å². The molecule has 0 aromatic heterocycles. The van der Waals surface area contributed by atoms with Gasteiger partial charge in [-0.2, -0.15) is 0 Å². The molecule has 1 atom stereocenters. The first-order valence-electron chi connectivity index (χ1n) is 11.3. The molecule has 0 aliphatic rings. The lowest BCUT2D eigenvalue weighted by Gasteiger charge is -2.14. The fraction of sp³-hybridized carbons (Fsp3) is 0.333. The standard InChI is InChI=1S/C27H30O8/c1-5-24(28)32-16-6-7-17-33-27(31)35-23-14-10-21(11-15-23)26(30)34-22-12-8-20(9-13-22)25(29)19(4)18(2)3/h5,8-15,18-19H,1,6-7,16-17H2,2-4H3. The Morgan fingerprint density at radius 3 is 1.83 bits per heavy atom. The minimum absolute atomic E-state index is 0.0426. The van der Waals surface area contributed by atoms with Gasteiger partial charge in [0, 0.05) is 17.6 Å². The van der Waals surface area contributed by atoms with Gasteiger partial charge < -0.3 is 18.9 Å². The quantitative estimate of drug-likeness (QED) is 0.0988. The topological polar surface area (TPSA) is 105 Å². The van der Waals surface area contributed by atoms with Crippen molar-refractivity contribution in [1.29, 1.82) is 0 Å². The highest BCUT2D eigenvalue weighted by molar-refractivity contribution is 5.98. The molecule has 0 aliphatic heterocycles. The van der Waals surface area contributed by atoms with E-state index in [0.29, 0.717) is 24.2 Å². The predicted molar refractivity (Wildman–Crippen MR) is 129 cm³/mol. The van der Waals surface area contributed by atoms with Crippen LogP contribution in [-0.2, 0) is 14.3 Å². The van der Waals surface area contributed by atoms with Crippen LogP contribution >= 0.6 is 0 Å². The minimum Gasteiger partial charge on any atom is -0.463 e. The van der Waals surface area contributed by atoms with E-state index in [-0.39, 0.29) is 42.1 Å². The molecule has 0 N–H and O–H groups in total. The SMILES string of the molecule is C=CC(=O)OCCCCOC(=O)Oc1ccc(C(=O)Oc2ccc(C(=O)C(C)C(C)C)cc2)cc1. The molecule has 35 heavy (non-hydrogen) atoms. The van der Waals surface area contributed by atoms with Crippen LogP contribution in [0.4, 0.5) is 4.79 Å². The summed E-state index contributed by atoms with van der Waals surface area (Å²) in [6.07, 6.45) is 1.22. The van der Waals surface area contributed by atoms with Crippen molar-refractivity contribution in [2.24, 2.45) is 11.8 Å². The summed E-state index contributed by atoms with van der Waals surface area (Å²) in [6.45, 7) is 9.48. The Kier molecular flexibility index (Phi) is 10.7. The fourth-order valence-corrected chi connectivity index (χ4v) is 2.79. The molecule has 0 fully saturated rings. The molecule has 0 saturated carbocycles. The molecule has 0 aliphatic carbocycles. The van der Waals surface area contributed by atoms with Crippen LogP contribution < -0.4 is 9.47 Å². The van der Waals surface area contributed by atoms with E-state index < -0.39 is 18.1 Å². The Hall–Kier alpha value is -3.94. The Balaban J connectivity index is 1.78. The fourth-order valence-electron chi connectivity index (χ4n) is 2.79. The van der Waals surface area contributed by atoms with Gasteiger partial charge in [-0.3, -0.25) is 4.79 Å². The number of hydrogen-bond acceptors (Lipinski definition) is 8. The Labute approximate surface area is 204 Å². The first-order valence-corrected chi connectivity index (χ1v) is 11.3. The van der Waals surface area contributed by atoms with Crippen molar-refractivity contribution in [2.75, 3.05) is 13.2 Å². The van der Waals surface area contributed by atoms with Crippen LogP contribution in [0, 0.1) is 11.8 Å². The number of carbonyl (C=O) groups is 4. The maximum Gasteiger partial charge on any atom is 0.513 e. The van der Waals surface area contributed by atoms with Gasteiger partial charge in [0.15, 0.2) is 5.78 Å². The van der Waals surface area contributed by atoms with Crippen molar-refractivity contribution in [2.45, 2.75) is 33.6 Å². The van der Waals surface area contributed by atoms with E-state index in [1.54, 1.807) is 24.3 Å². The molecular formula is C27H30O8. The maximum atomic E-state index is 12.4. The second kappa shape index (κ2) is 13.7. The average molecular weight is 483 g/mol. The molecule has 0 amide bonds. The van der Waals surface area contributed by atoms with E-state index in [4.69, 9.17) is 18.9 Å². The normalized spacial score (nSPS) is 11.3. The van der Waals surface area contributed by atoms with E-state index in [0.717, 1.165) is 6.08 Å². The highest BCUT2D eigenvalue weighted by Crippen LogP contribution is 2.21. The summed E-state index contributed by atoms with van der Waals surface area (Å²) in [4.78, 5) is 47.5. The average Bonchev–Trinajstić information content (AvgIpc) is 2.85. The lowest BCUT2D eigenvalue weighted by molar-refractivity contribution is -0.137. The zero-order chi connectivity index (χ0) is 25.8. The zero-order valence-electron chi connectivity index (χ0n) is 20.2. The van der Waals surface area contributed by atoms with Crippen LogP contribution in [0.1, 0.15) is 54.3 Å². The molecule has 2 aromatic rings. The van der Waals surface area contributed by atoms with Crippen molar-refractivity contribution in [3.8, 4) is 11.5 Å². The molecule has 1 unspecified atom stereocenters. The molecule has 0 radical (unpaired) electrons. The van der Waals surface area contributed by atoms with Crippen molar-refractivity contribution in [1.82, 2.24) is 0 Å². The zero-order valence-corrected chi connectivity index (χ0v) is 20.2. The second-order valence-corrected chi connectivity index (χ2v) is 8.11. The molecule has 2 rings (SSSR count). The number of ketones is 1. The van der Waals surface area contributed by atoms with Crippen molar-refractivity contribution >= 4 is 23.9 Å². The summed E-state index contributed by atoms with van der Waals surface area (Å²) in [6, 6.07) is 12.2. The number of unbranched alkanes of at least 4 members (excludes halogenated alkanes) is 1. The summed E-state index contributed by atoms with van der Waals surface area (Å²) in [7, 11) is 0. The van der Waals surface area contributed by atoms with Gasteiger partial charge in [-0.05, 0) is 67.3 Å².